The number of aromatic amines is 1. The number of H-pyrrole nitrogens is 1. The highest BCUT2D eigenvalue weighted by Crippen LogP contribution is 2.39. The third-order valence-electron chi connectivity index (χ3n) is 7.40. The molecule has 1 aliphatic carbocycles. The molecule has 0 amide bonds. The van der Waals surface area contributed by atoms with Crippen LogP contribution in [0.2, 0.25) is 0 Å². The van der Waals surface area contributed by atoms with Gasteiger partial charge in [0.15, 0.2) is 11.5 Å². The molecule has 1 aliphatic rings. The molecule has 2 aromatic carbocycles. The molecule has 6 heteroatoms. The summed E-state index contributed by atoms with van der Waals surface area (Å²) in [6.45, 7) is 6.79. The van der Waals surface area contributed by atoms with Gasteiger partial charge in [-0.05, 0) is 107 Å². The smallest absolute Gasteiger partial charge is 0.161 e. The Morgan fingerprint density at radius 2 is 1.67 bits per heavy atom. The molecule has 1 fully saturated rings. The van der Waals surface area contributed by atoms with Gasteiger partial charge in [-0.25, -0.2) is 0 Å². The van der Waals surface area contributed by atoms with Crippen LogP contribution in [0.1, 0.15) is 57.4 Å². The number of nitrogens with one attached hydrogen (secondary N) is 3. The number of fused-ring (bicyclic) bond motifs is 1. The van der Waals surface area contributed by atoms with Gasteiger partial charge >= 0.3 is 0 Å². The highest BCUT2D eigenvalue weighted by Gasteiger charge is 2.22. The van der Waals surface area contributed by atoms with E-state index in [0.717, 1.165) is 35.8 Å². The van der Waals surface area contributed by atoms with Gasteiger partial charge in [0, 0.05) is 34.2 Å². The van der Waals surface area contributed by atoms with Crippen molar-refractivity contribution in [3.63, 3.8) is 0 Å². The minimum atomic E-state index is 0.381. The number of rotatable bonds is 11. The summed E-state index contributed by atoms with van der Waals surface area (Å²) < 4.78 is 11.0. The first kappa shape index (κ1) is 26.4. The summed E-state index contributed by atoms with van der Waals surface area (Å²) in [5.74, 6) is 1.87. The first-order valence-electron chi connectivity index (χ1n) is 13.4. The molecule has 0 unspecified atom stereocenters. The minimum Gasteiger partial charge on any atom is -0.493 e. The largest absolute Gasteiger partial charge is 0.493 e. The van der Waals surface area contributed by atoms with E-state index in [-0.39, 0.29) is 0 Å². The predicted molar refractivity (Wildman–Crippen MR) is 152 cm³/mol. The van der Waals surface area contributed by atoms with Crippen LogP contribution < -0.4 is 20.1 Å². The number of hydrogen-bond donors (Lipinski definition) is 3. The Labute approximate surface area is 216 Å². The van der Waals surface area contributed by atoms with Gasteiger partial charge in [-0.1, -0.05) is 13.8 Å². The summed E-state index contributed by atoms with van der Waals surface area (Å²) in [7, 11) is 7.64. The molecule has 36 heavy (non-hydrogen) atoms. The van der Waals surface area contributed by atoms with Crippen molar-refractivity contribution in [2.24, 2.45) is 0 Å². The monoisotopic (exact) mass is 492 g/mol. The molecule has 3 aromatic rings. The molecule has 4 rings (SSSR count). The molecule has 6 nitrogen and oxygen atoms in total. The van der Waals surface area contributed by atoms with Gasteiger partial charge in [0.1, 0.15) is 0 Å². The van der Waals surface area contributed by atoms with Crippen LogP contribution in [0.3, 0.4) is 0 Å². The predicted octanol–water partition coefficient (Wildman–Crippen LogP) is 6.24. The van der Waals surface area contributed by atoms with Crippen molar-refractivity contribution >= 4 is 16.6 Å². The molecule has 0 atom stereocenters. The zero-order valence-electron chi connectivity index (χ0n) is 22.9. The van der Waals surface area contributed by atoms with Crippen LogP contribution in [0.25, 0.3) is 22.2 Å². The highest BCUT2D eigenvalue weighted by molar-refractivity contribution is 5.93. The Bertz CT molecular complexity index is 1130. The molecule has 1 aromatic heterocycles. The molecular formula is C30H44N4O2. The van der Waals surface area contributed by atoms with Crippen molar-refractivity contribution < 1.29 is 9.47 Å². The summed E-state index contributed by atoms with van der Waals surface area (Å²) in [6, 6.07) is 14.1. The van der Waals surface area contributed by atoms with Gasteiger partial charge in [0.25, 0.3) is 0 Å². The lowest BCUT2D eigenvalue weighted by Gasteiger charge is -2.30. The molecular weight excluding hydrogens is 448 g/mol. The zero-order chi connectivity index (χ0) is 25.7. The molecule has 0 radical (unpaired) electrons. The Morgan fingerprint density at radius 3 is 2.33 bits per heavy atom. The van der Waals surface area contributed by atoms with Crippen molar-refractivity contribution in [1.29, 1.82) is 0 Å². The average molecular weight is 493 g/mol. The highest BCUT2D eigenvalue weighted by atomic mass is 16.5. The lowest BCUT2D eigenvalue weighted by Crippen LogP contribution is -2.37. The van der Waals surface area contributed by atoms with Crippen LogP contribution in [0.4, 0.5) is 5.69 Å². The second kappa shape index (κ2) is 12.0. The Morgan fingerprint density at radius 1 is 0.944 bits per heavy atom. The summed E-state index contributed by atoms with van der Waals surface area (Å²) in [6.07, 6.45) is 6.12. The van der Waals surface area contributed by atoms with Gasteiger partial charge in [-0.3, -0.25) is 0 Å². The van der Waals surface area contributed by atoms with Crippen molar-refractivity contribution in [3.05, 3.63) is 42.0 Å². The van der Waals surface area contributed by atoms with Crippen LogP contribution in [-0.2, 0) is 0 Å². The number of hydrogen-bond acceptors (Lipinski definition) is 5. The fourth-order valence-electron chi connectivity index (χ4n) is 5.50. The summed E-state index contributed by atoms with van der Waals surface area (Å²) in [5.41, 5.74) is 5.98. The fourth-order valence-corrected chi connectivity index (χ4v) is 5.50. The maximum absolute atomic E-state index is 5.57. The van der Waals surface area contributed by atoms with Gasteiger partial charge in [-0.2, -0.15) is 0 Å². The first-order chi connectivity index (χ1) is 17.4. The van der Waals surface area contributed by atoms with Crippen LogP contribution in [0, 0.1) is 0 Å². The Hall–Kier alpha value is -2.70. The van der Waals surface area contributed by atoms with E-state index in [9.17, 15) is 0 Å². The third kappa shape index (κ3) is 6.16. The molecule has 3 N–H and O–H groups in total. The topological polar surface area (TPSA) is 61.5 Å². The van der Waals surface area contributed by atoms with Crippen molar-refractivity contribution in [2.75, 3.05) is 46.7 Å². The Kier molecular flexibility index (Phi) is 8.81. The maximum Gasteiger partial charge on any atom is 0.161 e. The van der Waals surface area contributed by atoms with E-state index >= 15 is 0 Å². The van der Waals surface area contributed by atoms with E-state index in [2.05, 4.69) is 78.8 Å². The van der Waals surface area contributed by atoms with E-state index in [0.29, 0.717) is 18.0 Å². The van der Waals surface area contributed by atoms with Crippen LogP contribution in [0.5, 0.6) is 11.5 Å². The second-order valence-corrected chi connectivity index (χ2v) is 10.7. The van der Waals surface area contributed by atoms with Gasteiger partial charge in [0.05, 0.1) is 19.9 Å². The van der Waals surface area contributed by atoms with Gasteiger partial charge < -0.3 is 30.0 Å². The lowest BCUT2D eigenvalue weighted by molar-refractivity contribution is 0.338. The van der Waals surface area contributed by atoms with Crippen molar-refractivity contribution in [3.8, 4) is 22.8 Å². The van der Waals surface area contributed by atoms with Crippen molar-refractivity contribution in [1.82, 2.24) is 15.2 Å². The summed E-state index contributed by atoms with van der Waals surface area (Å²) >= 11 is 0. The first-order valence-corrected chi connectivity index (χ1v) is 13.4. The standard InChI is InChI=1S/C30H44N4O2/c1-20(2)29-25-19-24(32-23-11-9-22(10-12-23)31-16-7-17-34(3)4)13-14-26(25)33-30(29)21-8-15-27(35-5)28(18-21)36-6/h8,13-15,18-20,22-23,31-33H,7,9-12,16-17H2,1-6H3. The normalized spacial score (nSPS) is 18.2. The van der Waals surface area contributed by atoms with E-state index in [1.165, 1.54) is 54.3 Å². The van der Waals surface area contributed by atoms with E-state index in [1.807, 2.05) is 6.07 Å². The van der Waals surface area contributed by atoms with Crippen LogP contribution in [-0.4, -0.2) is 63.4 Å². The fraction of sp³-hybridized carbons (Fsp3) is 0.533. The lowest BCUT2D eigenvalue weighted by atomic mass is 9.90. The molecule has 1 saturated carbocycles. The quantitative estimate of drug-likeness (QED) is 0.277. The average Bonchev–Trinajstić information content (AvgIpc) is 3.26. The summed E-state index contributed by atoms with van der Waals surface area (Å²) in [5, 5.41) is 8.89. The number of benzene rings is 2. The summed E-state index contributed by atoms with van der Waals surface area (Å²) in [4.78, 5) is 5.94. The minimum absolute atomic E-state index is 0.381. The van der Waals surface area contributed by atoms with Crippen LogP contribution >= 0.6 is 0 Å². The molecule has 0 saturated heterocycles. The molecule has 0 spiro atoms. The van der Waals surface area contributed by atoms with E-state index in [1.54, 1.807) is 14.2 Å². The molecule has 1 heterocycles. The number of ether oxygens (including phenoxy) is 2. The third-order valence-corrected chi connectivity index (χ3v) is 7.40. The maximum atomic E-state index is 5.57. The number of anilines is 1. The molecule has 196 valence electrons. The second-order valence-electron chi connectivity index (χ2n) is 10.7. The molecule has 0 bridgehead atoms. The zero-order valence-corrected chi connectivity index (χ0v) is 22.9. The Balaban J connectivity index is 1.47. The van der Waals surface area contributed by atoms with E-state index in [4.69, 9.17) is 9.47 Å². The number of methoxy groups -OCH3 is 2. The van der Waals surface area contributed by atoms with Crippen LogP contribution in [0.15, 0.2) is 36.4 Å². The van der Waals surface area contributed by atoms with Gasteiger partial charge in [0.2, 0.25) is 0 Å². The number of nitrogens with zero attached hydrogens (tertiary/aromatic N) is 1. The molecule has 0 aliphatic heterocycles. The number of aromatic nitrogens is 1. The van der Waals surface area contributed by atoms with Crippen molar-refractivity contribution in [2.45, 2.75) is 64.0 Å². The van der Waals surface area contributed by atoms with Gasteiger partial charge in [-0.15, -0.1) is 0 Å². The van der Waals surface area contributed by atoms with E-state index < -0.39 is 0 Å². The SMILES string of the molecule is COc1ccc(-c2[nH]c3ccc(NC4CCC(NCCCN(C)C)CC4)cc3c2C(C)C)cc1OC.